The van der Waals surface area contributed by atoms with Crippen LogP contribution < -0.4 is 5.73 Å². The Balaban J connectivity index is 0.000000810. The van der Waals surface area contributed by atoms with Gasteiger partial charge in [-0.3, -0.25) is 5.41 Å². The van der Waals surface area contributed by atoms with E-state index in [1.165, 1.54) is 11.3 Å². The molecule has 0 aliphatic carbocycles. The second kappa shape index (κ2) is 3.58. The molecule has 1 heterocycles. The Hall–Kier alpha value is -0.540. The van der Waals surface area contributed by atoms with Gasteiger partial charge >= 0.3 is 0 Å². The second-order valence-corrected chi connectivity index (χ2v) is 2.76. The van der Waals surface area contributed by atoms with Gasteiger partial charge in [0.1, 0.15) is 5.84 Å². The van der Waals surface area contributed by atoms with E-state index in [2.05, 4.69) is 0 Å². The zero-order chi connectivity index (χ0) is 6.85. The molecular weight excluding hydrogens is 168 g/mol. The molecule has 0 fully saturated rings. The molecular formula is C6H9ClN2S. The first-order chi connectivity index (χ1) is 4.22. The average Bonchev–Trinajstić information content (AvgIpc) is 2.13. The van der Waals surface area contributed by atoms with Crippen LogP contribution in [0.1, 0.15) is 10.4 Å². The molecule has 4 heteroatoms. The van der Waals surface area contributed by atoms with Gasteiger partial charge in [-0.2, -0.15) is 0 Å². The van der Waals surface area contributed by atoms with Crippen molar-refractivity contribution in [2.45, 2.75) is 6.92 Å². The van der Waals surface area contributed by atoms with Gasteiger partial charge in [0.15, 0.2) is 0 Å². The highest BCUT2D eigenvalue weighted by atomic mass is 35.5. The average molecular weight is 177 g/mol. The summed E-state index contributed by atoms with van der Waals surface area (Å²) in [6.07, 6.45) is 0. The molecule has 2 nitrogen and oxygen atoms in total. The van der Waals surface area contributed by atoms with Crippen LogP contribution in [0.5, 0.6) is 0 Å². The lowest BCUT2D eigenvalue weighted by Gasteiger charge is -1.91. The number of hydrogen-bond acceptors (Lipinski definition) is 2. The van der Waals surface area contributed by atoms with Crippen LogP contribution >= 0.6 is 23.7 Å². The Morgan fingerprint density at radius 1 is 1.70 bits per heavy atom. The highest BCUT2D eigenvalue weighted by molar-refractivity contribution is 7.12. The number of nitrogens with one attached hydrogen (secondary N) is 1. The maximum Gasteiger partial charge on any atom is 0.133 e. The fourth-order valence-corrected chi connectivity index (χ4v) is 1.44. The van der Waals surface area contributed by atoms with Gasteiger partial charge in [0, 0.05) is 0 Å². The molecule has 56 valence electrons. The number of hydrogen-bond donors (Lipinski definition) is 2. The quantitative estimate of drug-likeness (QED) is 0.497. The molecule has 1 aromatic rings. The highest BCUT2D eigenvalue weighted by Crippen LogP contribution is 2.13. The van der Waals surface area contributed by atoms with Crippen LogP contribution in [-0.4, -0.2) is 5.84 Å². The van der Waals surface area contributed by atoms with Gasteiger partial charge in [0.05, 0.1) is 4.88 Å². The summed E-state index contributed by atoms with van der Waals surface area (Å²) in [5.41, 5.74) is 6.34. The number of thiophene rings is 1. The van der Waals surface area contributed by atoms with Crippen LogP contribution in [-0.2, 0) is 0 Å². The summed E-state index contributed by atoms with van der Waals surface area (Å²) >= 11 is 1.51. The van der Waals surface area contributed by atoms with Crippen molar-refractivity contribution in [2.24, 2.45) is 5.73 Å². The Labute approximate surface area is 70.0 Å². The Kier molecular flexibility index (Phi) is 3.39. The van der Waals surface area contributed by atoms with Crippen molar-refractivity contribution in [3.8, 4) is 0 Å². The molecule has 0 unspecified atom stereocenters. The smallest absolute Gasteiger partial charge is 0.133 e. The maximum atomic E-state index is 7.08. The molecule has 1 aromatic heterocycles. The third-order valence-electron chi connectivity index (χ3n) is 1.11. The number of nitrogen functional groups attached to an aromatic ring is 1. The first-order valence-electron chi connectivity index (χ1n) is 2.60. The molecule has 0 aliphatic rings. The zero-order valence-electron chi connectivity index (χ0n) is 5.55. The summed E-state index contributed by atoms with van der Waals surface area (Å²) in [5.74, 6) is 0.169. The van der Waals surface area contributed by atoms with Crippen LogP contribution in [0, 0.1) is 12.3 Å². The van der Waals surface area contributed by atoms with Crippen LogP contribution in [0.25, 0.3) is 0 Å². The molecule has 3 N–H and O–H groups in total. The topological polar surface area (TPSA) is 49.9 Å². The summed E-state index contributed by atoms with van der Waals surface area (Å²) in [5, 5.41) is 9.02. The largest absolute Gasteiger partial charge is 0.383 e. The van der Waals surface area contributed by atoms with E-state index >= 15 is 0 Å². The molecule has 1 rings (SSSR count). The van der Waals surface area contributed by atoms with Crippen LogP contribution in [0.2, 0.25) is 0 Å². The van der Waals surface area contributed by atoms with Crippen LogP contribution in [0.4, 0.5) is 0 Å². The molecule has 0 aliphatic heterocycles. The molecule has 0 bridgehead atoms. The van der Waals surface area contributed by atoms with E-state index in [1.54, 1.807) is 0 Å². The molecule has 10 heavy (non-hydrogen) atoms. The fraction of sp³-hybridized carbons (Fsp3) is 0.167. The minimum atomic E-state index is 0. The minimum Gasteiger partial charge on any atom is -0.383 e. The number of halogens is 1. The Morgan fingerprint density at radius 3 is 2.50 bits per heavy atom. The number of amidine groups is 1. The standard InChI is InChI=1S/C6H8N2S.ClH/c1-4-2-3-9-5(4)6(7)8;/h2-3H,1H3,(H3,7,8);1H. The predicted octanol–water partition coefficient (Wildman–Crippen LogP) is 1.76. The number of rotatable bonds is 1. The second-order valence-electron chi connectivity index (χ2n) is 1.85. The highest BCUT2D eigenvalue weighted by Gasteiger charge is 1.99. The van der Waals surface area contributed by atoms with Gasteiger partial charge in [-0.1, -0.05) is 0 Å². The SMILES string of the molecule is Cc1ccsc1C(=N)N.Cl. The Morgan fingerprint density at radius 2 is 2.30 bits per heavy atom. The van der Waals surface area contributed by atoms with E-state index < -0.39 is 0 Å². The van der Waals surface area contributed by atoms with Crippen molar-refractivity contribution >= 4 is 29.6 Å². The summed E-state index contributed by atoms with van der Waals surface area (Å²) in [7, 11) is 0. The third-order valence-corrected chi connectivity index (χ3v) is 2.16. The van der Waals surface area contributed by atoms with Crippen LogP contribution in [0.3, 0.4) is 0 Å². The monoisotopic (exact) mass is 176 g/mol. The number of nitrogens with two attached hydrogens (primary N) is 1. The van der Waals surface area contributed by atoms with E-state index in [0.29, 0.717) is 0 Å². The molecule has 0 saturated carbocycles. The molecule has 0 spiro atoms. The van der Waals surface area contributed by atoms with Crippen molar-refractivity contribution in [2.75, 3.05) is 0 Å². The fourth-order valence-electron chi connectivity index (χ4n) is 0.649. The molecule has 0 aromatic carbocycles. The first kappa shape index (κ1) is 9.46. The van der Waals surface area contributed by atoms with Crippen molar-refractivity contribution in [1.29, 1.82) is 5.41 Å². The molecule has 0 radical (unpaired) electrons. The summed E-state index contributed by atoms with van der Waals surface area (Å²) < 4.78 is 0. The van der Waals surface area contributed by atoms with Crippen molar-refractivity contribution in [3.63, 3.8) is 0 Å². The van der Waals surface area contributed by atoms with Gasteiger partial charge in [-0.25, -0.2) is 0 Å². The zero-order valence-corrected chi connectivity index (χ0v) is 7.18. The van der Waals surface area contributed by atoms with E-state index in [0.717, 1.165) is 10.4 Å². The normalized spacial score (nSPS) is 8.50. The molecule has 0 saturated heterocycles. The van der Waals surface area contributed by atoms with Crippen molar-refractivity contribution in [3.05, 3.63) is 21.9 Å². The van der Waals surface area contributed by atoms with Crippen molar-refractivity contribution < 1.29 is 0 Å². The number of aryl methyl sites for hydroxylation is 1. The lowest BCUT2D eigenvalue weighted by Crippen LogP contribution is -2.09. The van der Waals surface area contributed by atoms with Crippen LogP contribution in [0.15, 0.2) is 11.4 Å². The lowest BCUT2D eigenvalue weighted by molar-refractivity contribution is 1.42. The Bertz CT molecular complexity index is 231. The van der Waals surface area contributed by atoms with E-state index in [-0.39, 0.29) is 18.2 Å². The van der Waals surface area contributed by atoms with E-state index in [1.807, 2.05) is 18.4 Å². The minimum absolute atomic E-state index is 0. The van der Waals surface area contributed by atoms with Gasteiger partial charge in [0.25, 0.3) is 0 Å². The predicted molar refractivity (Wildman–Crippen MR) is 47.3 cm³/mol. The lowest BCUT2D eigenvalue weighted by atomic mass is 10.3. The van der Waals surface area contributed by atoms with Gasteiger partial charge < -0.3 is 5.73 Å². The summed E-state index contributed by atoms with van der Waals surface area (Å²) in [6, 6.07) is 1.96. The molecule has 0 amide bonds. The summed E-state index contributed by atoms with van der Waals surface area (Å²) in [6.45, 7) is 1.95. The van der Waals surface area contributed by atoms with Gasteiger partial charge in [-0.15, -0.1) is 23.7 Å². The maximum absolute atomic E-state index is 7.08. The van der Waals surface area contributed by atoms with Crippen molar-refractivity contribution in [1.82, 2.24) is 0 Å². The third kappa shape index (κ3) is 1.72. The first-order valence-corrected chi connectivity index (χ1v) is 3.48. The summed E-state index contributed by atoms with van der Waals surface area (Å²) in [4.78, 5) is 0.884. The van der Waals surface area contributed by atoms with Gasteiger partial charge in [-0.05, 0) is 23.9 Å². The van der Waals surface area contributed by atoms with E-state index in [4.69, 9.17) is 11.1 Å². The van der Waals surface area contributed by atoms with E-state index in [9.17, 15) is 0 Å². The van der Waals surface area contributed by atoms with Gasteiger partial charge in [0.2, 0.25) is 0 Å². The molecule has 0 atom stereocenters.